The van der Waals surface area contributed by atoms with Gasteiger partial charge in [-0.15, -0.1) is 0 Å². The molecule has 0 amide bonds. The van der Waals surface area contributed by atoms with Gasteiger partial charge in [-0.2, -0.15) is 0 Å². The summed E-state index contributed by atoms with van der Waals surface area (Å²) >= 11 is 3.21. The number of nitrogen functional groups attached to an aromatic ring is 1. The zero-order valence-electron chi connectivity index (χ0n) is 10.5. The first-order chi connectivity index (χ1) is 9.88. The summed E-state index contributed by atoms with van der Waals surface area (Å²) < 4.78 is 19.2. The first-order valence-electron chi connectivity index (χ1n) is 5.64. The number of hydrogen-bond acceptors (Lipinski definition) is 4. The number of nitro benzene ring substituents is 1. The number of nitrogens with one attached hydrogen (secondary N) is 1. The molecule has 0 aliphatic rings. The van der Waals surface area contributed by atoms with Crippen LogP contribution < -0.4 is 10.5 Å². The standard InChI is InChI=1S/C13H9BrFN3O3/c14-10-3-2-8(18(19)20)6-12(10)21-11-4-1-7(15)5-9(11)13(16)17/h1-6H,(H3,16,17). The van der Waals surface area contributed by atoms with Crippen molar-refractivity contribution in [2.75, 3.05) is 0 Å². The van der Waals surface area contributed by atoms with Crippen LogP contribution in [0.4, 0.5) is 10.1 Å². The van der Waals surface area contributed by atoms with Gasteiger partial charge in [0.05, 0.1) is 21.0 Å². The molecule has 0 heterocycles. The van der Waals surface area contributed by atoms with Crippen LogP contribution in [0.1, 0.15) is 5.56 Å². The first-order valence-corrected chi connectivity index (χ1v) is 6.43. The third-order valence-electron chi connectivity index (χ3n) is 2.58. The van der Waals surface area contributed by atoms with Crippen molar-refractivity contribution < 1.29 is 14.1 Å². The van der Waals surface area contributed by atoms with E-state index in [4.69, 9.17) is 15.9 Å². The molecule has 0 radical (unpaired) electrons. The van der Waals surface area contributed by atoms with Gasteiger partial charge in [0.2, 0.25) is 0 Å². The quantitative estimate of drug-likeness (QED) is 0.379. The number of rotatable bonds is 4. The van der Waals surface area contributed by atoms with E-state index in [0.717, 1.165) is 12.1 Å². The third-order valence-corrected chi connectivity index (χ3v) is 3.23. The van der Waals surface area contributed by atoms with E-state index in [1.54, 1.807) is 0 Å². The highest BCUT2D eigenvalue weighted by molar-refractivity contribution is 9.10. The highest BCUT2D eigenvalue weighted by Crippen LogP contribution is 2.34. The fourth-order valence-corrected chi connectivity index (χ4v) is 1.93. The van der Waals surface area contributed by atoms with Crippen LogP contribution in [0.5, 0.6) is 11.5 Å². The van der Waals surface area contributed by atoms with Crippen LogP contribution in [0.15, 0.2) is 40.9 Å². The second-order valence-electron chi connectivity index (χ2n) is 4.03. The van der Waals surface area contributed by atoms with E-state index in [2.05, 4.69) is 15.9 Å². The molecule has 3 N–H and O–H groups in total. The highest BCUT2D eigenvalue weighted by atomic mass is 79.9. The summed E-state index contributed by atoms with van der Waals surface area (Å²) in [6.45, 7) is 0. The molecule has 0 aliphatic carbocycles. The van der Waals surface area contributed by atoms with Crippen molar-refractivity contribution in [1.29, 1.82) is 5.41 Å². The molecule has 2 rings (SSSR count). The minimum Gasteiger partial charge on any atom is -0.455 e. The maximum atomic E-state index is 13.2. The van der Waals surface area contributed by atoms with Crippen molar-refractivity contribution in [3.63, 3.8) is 0 Å². The van der Waals surface area contributed by atoms with Gasteiger partial charge in [0.25, 0.3) is 5.69 Å². The number of halogens is 2. The molecule has 6 nitrogen and oxygen atoms in total. The van der Waals surface area contributed by atoms with E-state index >= 15 is 0 Å². The smallest absolute Gasteiger partial charge is 0.273 e. The molecular formula is C13H9BrFN3O3. The molecule has 0 unspecified atom stereocenters. The van der Waals surface area contributed by atoms with Crippen molar-refractivity contribution in [1.82, 2.24) is 0 Å². The number of hydrogen-bond donors (Lipinski definition) is 2. The molecule has 8 heteroatoms. The summed E-state index contributed by atoms with van der Waals surface area (Å²) in [6, 6.07) is 7.50. The lowest BCUT2D eigenvalue weighted by molar-refractivity contribution is -0.384. The van der Waals surface area contributed by atoms with Gasteiger partial charge in [-0.3, -0.25) is 15.5 Å². The Bertz CT molecular complexity index is 737. The average molecular weight is 354 g/mol. The van der Waals surface area contributed by atoms with Gasteiger partial charge in [-0.05, 0) is 40.2 Å². The normalized spacial score (nSPS) is 10.2. The van der Waals surface area contributed by atoms with Gasteiger partial charge >= 0.3 is 0 Å². The number of nitrogens with two attached hydrogens (primary N) is 1. The molecular weight excluding hydrogens is 345 g/mol. The number of ether oxygens (including phenoxy) is 1. The first kappa shape index (κ1) is 14.9. The van der Waals surface area contributed by atoms with Crippen LogP contribution >= 0.6 is 15.9 Å². The zero-order chi connectivity index (χ0) is 15.6. The van der Waals surface area contributed by atoms with Crippen molar-refractivity contribution in [3.05, 3.63) is 62.4 Å². The Balaban J connectivity index is 2.45. The molecule has 0 saturated heterocycles. The van der Waals surface area contributed by atoms with Crippen LogP contribution in [0.25, 0.3) is 0 Å². The minimum absolute atomic E-state index is 0.0633. The van der Waals surface area contributed by atoms with Crippen LogP contribution in [-0.2, 0) is 0 Å². The van der Waals surface area contributed by atoms with Gasteiger partial charge < -0.3 is 10.5 Å². The maximum Gasteiger partial charge on any atom is 0.273 e. The lowest BCUT2D eigenvalue weighted by Gasteiger charge is -2.11. The molecule has 0 atom stereocenters. The number of non-ortho nitro benzene ring substituents is 1. The molecule has 108 valence electrons. The van der Waals surface area contributed by atoms with Gasteiger partial charge in [-0.1, -0.05) is 0 Å². The number of benzene rings is 2. The molecule has 0 aliphatic heterocycles. The van der Waals surface area contributed by atoms with Gasteiger partial charge in [0, 0.05) is 6.07 Å². The van der Waals surface area contributed by atoms with Gasteiger partial charge in [0.1, 0.15) is 23.2 Å². The second-order valence-corrected chi connectivity index (χ2v) is 4.88. The van der Waals surface area contributed by atoms with E-state index in [0.29, 0.717) is 4.47 Å². The lowest BCUT2D eigenvalue weighted by atomic mass is 10.2. The third kappa shape index (κ3) is 3.34. The van der Waals surface area contributed by atoms with Crippen LogP contribution in [0.3, 0.4) is 0 Å². The Morgan fingerprint density at radius 1 is 1.29 bits per heavy atom. The Morgan fingerprint density at radius 3 is 2.62 bits per heavy atom. The van der Waals surface area contributed by atoms with Crippen LogP contribution in [0, 0.1) is 21.3 Å². The van der Waals surface area contributed by atoms with Crippen molar-refractivity contribution in [2.24, 2.45) is 5.73 Å². The summed E-state index contributed by atoms with van der Waals surface area (Å²) in [7, 11) is 0. The molecule has 2 aromatic carbocycles. The topological polar surface area (TPSA) is 102 Å². The predicted octanol–water partition coefficient (Wildman–Crippen LogP) is 3.57. The minimum atomic E-state index is -0.564. The summed E-state index contributed by atoms with van der Waals surface area (Å²) in [5, 5.41) is 18.2. The Labute approximate surface area is 127 Å². The number of amidine groups is 1. The van der Waals surface area contributed by atoms with Crippen LogP contribution in [-0.4, -0.2) is 10.8 Å². The van der Waals surface area contributed by atoms with Gasteiger partial charge in [0.15, 0.2) is 0 Å². The largest absolute Gasteiger partial charge is 0.455 e. The zero-order valence-corrected chi connectivity index (χ0v) is 12.1. The highest BCUT2D eigenvalue weighted by Gasteiger charge is 2.14. The SMILES string of the molecule is N=C(N)c1cc(F)ccc1Oc1cc([N+](=O)[O-])ccc1Br. The number of nitrogens with zero attached hydrogens (tertiary/aromatic N) is 1. The number of nitro groups is 1. The summed E-state index contributed by atoms with van der Waals surface area (Å²) in [5.41, 5.74) is 5.28. The van der Waals surface area contributed by atoms with Gasteiger partial charge in [-0.25, -0.2) is 4.39 Å². The Kier molecular flexibility index (Phi) is 4.18. The molecule has 0 bridgehead atoms. The van der Waals surface area contributed by atoms with E-state index < -0.39 is 10.7 Å². The fourth-order valence-electron chi connectivity index (χ4n) is 1.60. The molecule has 21 heavy (non-hydrogen) atoms. The molecule has 0 spiro atoms. The average Bonchev–Trinajstić information content (AvgIpc) is 2.42. The molecule has 0 fully saturated rings. The van der Waals surface area contributed by atoms with E-state index in [1.807, 2.05) is 0 Å². The Hall–Kier alpha value is -2.48. The fraction of sp³-hybridized carbons (Fsp3) is 0. The monoisotopic (exact) mass is 353 g/mol. The van der Waals surface area contributed by atoms with Crippen LogP contribution in [0.2, 0.25) is 0 Å². The van der Waals surface area contributed by atoms with Crippen molar-refractivity contribution in [3.8, 4) is 11.5 Å². The predicted molar refractivity (Wildman–Crippen MR) is 78.3 cm³/mol. The van der Waals surface area contributed by atoms with E-state index in [1.165, 1.54) is 24.3 Å². The molecule has 2 aromatic rings. The summed E-state index contributed by atoms with van der Waals surface area (Å²) in [6.07, 6.45) is 0. The Morgan fingerprint density at radius 2 is 2.00 bits per heavy atom. The molecule has 0 aromatic heterocycles. The lowest BCUT2D eigenvalue weighted by Crippen LogP contribution is -2.12. The van der Waals surface area contributed by atoms with E-state index in [9.17, 15) is 14.5 Å². The van der Waals surface area contributed by atoms with Crippen molar-refractivity contribution in [2.45, 2.75) is 0 Å². The summed E-state index contributed by atoms with van der Waals surface area (Å²) in [4.78, 5) is 10.2. The van der Waals surface area contributed by atoms with Crippen molar-refractivity contribution >= 4 is 27.5 Å². The second kappa shape index (κ2) is 5.88. The van der Waals surface area contributed by atoms with E-state index in [-0.39, 0.29) is 28.6 Å². The maximum absolute atomic E-state index is 13.2. The summed E-state index contributed by atoms with van der Waals surface area (Å²) in [5.74, 6) is -0.639. The molecule has 0 saturated carbocycles.